The van der Waals surface area contributed by atoms with E-state index in [0.29, 0.717) is 6.61 Å². The summed E-state index contributed by atoms with van der Waals surface area (Å²) in [6.07, 6.45) is 0.602. The molecule has 0 bridgehead atoms. The van der Waals surface area contributed by atoms with Crippen molar-refractivity contribution in [3.8, 4) is 0 Å². The predicted octanol–water partition coefficient (Wildman–Crippen LogP) is 3.08. The van der Waals surface area contributed by atoms with Gasteiger partial charge in [0.25, 0.3) is 0 Å². The molecule has 0 spiro atoms. The zero-order valence-electron chi connectivity index (χ0n) is 15.0. The third-order valence-electron chi connectivity index (χ3n) is 5.22. The van der Waals surface area contributed by atoms with Crippen LogP contribution in [0.25, 0.3) is 0 Å². The number of aliphatic hydroxyl groups excluding tert-OH is 1. The Bertz CT molecular complexity index is 356. The molecule has 1 heterocycles. The first-order valence-electron chi connectivity index (χ1n) is 7.91. The molecule has 4 nitrogen and oxygen atoms in total. The Labute approximate surface area is 131 Å². The highest BCUT2D eigenvalue weighted by Crippen LogP contribution is 2.40. The van der Waals surface area contributed by atoms with E-state index in [-0.39, 0.29) is 11.1 Å². The van der Waals surface area contributed by atoms with Gasteiger partial charge in [-0.2, -0.15) is 0 Å². The summed E-state index contributed by atoms with van der Waals surface area (Å²) in [4.78, 5) is 0. The van der Waals surface area contributed by atoms with Crippen LogP contribution >= 0.6 is 0 Å². The van der Waals surface area contributed by atoms with Crippen LogP contribution in [-0.4, -0.2) is 48.5 Å². The van der Waals surface area contributed by atoms with Crippen LogP contribution in [0.15, 0.2) is 0 Å². The lowest BCUT2D eigenvalue weighted by atomic mass is 9.94. The fourth-order valence-electron chi connectivity index (χ4n) is 2.28. The van der Waals surface area contributed by atoms with Gasteiger partial charge in [0, 0.05) is 0 Å². The van der Waals surface area contributed by atoms with Gasteiger partial charge in [-0.05, 0) is 51.7 Å². The van der Waals surface area contributed by atoms with Gasteiger partial charge in [0.2, 0.25) is 0 Å². The average Bonchev–Trinajstić information content (AvgIpc) is 2.68. The van der Waals surface area contributed by atoms with E-state index in [1.807, 2.05) is 6.92 Å². The zero-order valence-corrected chi connectivity index (χ0v) is 16.0. The van der Waals surface area contributed by atoms with Crippen LogP contribution in [0.3, 0.4) is 0 Å². The molecule has 126 valence electrons. The van der Waals surface area contributed by atoms with Gasteiger partial charge in [-0.15, -0.1) is 0 Å². The zero-order chi connectivity index (χ0) is 16.7. The Morgan fingerprint density at radius 2 is 1.81 bits per heavy atom. The van der Waals surface area contributed by atoms with Crippen molar-refractivity contribution < 1.29 is 19.4 Å². The second-order valence-electron chi connectivity index (χ2n) is 8.70. The van der Waals surface area contributed by atoms with E-state index in [0.717, 1.165) is 12.8 Å². The van der Waals surface area contributed by atoms with E-state index < -0.39 is 25.6 Å². The number of ether oxygens (including phenoxy) is 1. The second kappa shape index (κ2) is 5.93. The smallest absolute Gasteiger partial charge is 0.192 e. The molecule has 0 saturated carbocycles. The van der Waals surface area contributed by atoms with E-state index in [9.17, 15) is 10.2 Å². The summed E-state index contributed by atoms with van der Waals surface area (Å²) in [5, 5.41) is 20.7. The van der Waals surface area contributed by atoms with Crippen LogP contribution in [0.4, 0.5) is 0 Å². The third kappa shape index (κ3) is 4.52. The van der Waals surface area contributed by atoms with Crippen LogP contribution in [-0.2, 0) is 9.16 Å². The highest BCUT2D eigenvalue weighted by Gasteiger charge is 2.47. The number of rotatable bonds is 5. The number of hydrogen-bond donors (Lipinski definition) is 2. The molecular formula is C16H34O4Si. The molecule has 1 aliphatic heterocycles. The molecule has 0 unspecified atom stereocenters. The number of aliphatic hydroxyl groups is 2. The van der Waals surface area contributed by atoms with Crippen molar-refractivity contribution in [3.05, 3.63) is 0 Å². The third-order valence-corrected chi connectivity index (χ3v) is 9.72. The molecular weight excluding hydrogens is 284 g/mol. The fraction of sp³-hybridized carbons (Fsp3) is 1.00. The van der Waals surface area contributed by atoms with Gasteiger partial charge in [0.05, 0.1) is 23.9 Å². The largest absolute Gasteiger partial charge is 0.414 e. The van der Waals surface area contributed by atoms with Gasteiger partial charge >= 0.3 is 0 Å². The van der Waals surface area contributed by atoms with Crippen LogP contribution in [0, 0.1) is 0 Å². The van der Waals surface area contributed by atoms with Gasteiger partial charge in [-0.1, -0.05) is 20.8 Å². The van der Waals surface area contributed by atoms with E-state index in [1.165, 1.54) is 0 Å². The summed E-state index contributed by atoms with van der Waals surface area (Å²) >= 11 is 0. The Hall–Kier alpha value is 0.0569. The van der Waals surface area contributed by atoms with Crippen molar-refractivity contribution in [1.82, 2.24) is 0 Å². The minimum absolute atomic E-state index is 0.125. The van der Waals surface area contributed by atoms with Crippen molar-refractivity contribution in [1.29, 1.82) is 0 Å². The van der Waals surface area contributed by atoms with E-state index >= 15 is 0 Å². The maximum Gasteiger partial charge on any atom is 0.192 e. The quantitative estimate of drug-likeness (QED) is 0.765. The van der Waals surface area contributed by atoms with Gasteiger partial charge in [-0.3, -0.25) is 0 Å². The summed E-state index contributed by atoms with van der Waals surface area (Å²) in [5.41, 5.74) is -1.51. The lowest BCUT2D eigenvalue weighted by molar-refractivity contribution is -0.159. The van der Waals surface area contributed by atoms with Crippen molar-refractivity contribution >= 4 is 8.32 Å². The average molecular weight is 319 g/mol. The Balaban J connectivity index is 2.63. The molecule has 0 aromatic carbocycles. The molecule has 0 aliphatic carbocycles. The van der Waals surface area contributed by atoms with E-state index in [4.69, 9.17) is 9.16 Å². The molecule has 0 aromatic heterocycles. The molecule has 2 N–H and O–H groups in total. The molecule has 5 heteroatoms. The molecule has 3 atom stereocenters. The normalized spacial score (nSPS) is 29.7. The first-order valence-corrected chi connectivity index (χ1v) is 10.8. The van der Waals surface area contributed by atoms with Crippen LogP contribution in [0.1, 0.15) is 54.4 Å². The van der Waals surface area contributed by atoms with Crippen LogP contribution in [0.5, 0.6) is 0 Å². The van der Waals surface area contributed by atoms with Gasteiger partial charge < -0.3 is 19.4 Å². The van der Waals surface area contributed by atoms with Crippen LogP contribution < -0.4 is 0 Å². The second-order valence-corrected chi connectivity index (χ2v) is 13.5. The lowest BCUT2D eigenvalue weighted by Crippen LogP contribution is -2.49. The summed E-state index contributed by atoms with van der Waals surface area (Å²) in [7, 11) is -1.87. The standard InChI is InChI=1S/C16H34O4Si/c1-14(2,3)21(7,8)19-11-12(17)16(6)10-9-13(20-16)15(4,5)18/h12-13,17-18H,9-11H2,1-8H3/t12-,13+,16-/m1/s1. The highest BCUT2D eigenvalue weighted by atomic mass is 28.4. The SMILES string of the molecule is CC(C)(O)[C@@H]1CC[C@](C)([C@H](O)CO[Si](C)(C)C(C)(C)C)O1. The molecule has 1 aliphatic rings. The van der Waals surface area contributed by atoms with Crippen molar-refractivity contribution in [2.24, 2.45) is 0 Å². The Morgan fingerprint density at radius 1 is 1.29 bits per heavy atom. The maximum absolute atomic E-state index is 10.5. The molecule has 0 amide bonds. The Morgan fingerprint density at radius 3 is 2.19 bits per heavy atom. The summed E-state index contributed by atoms with van der Waals surface area (Å²) < 4.78 is 12.1. The molecule has 1 rings (SSSR count). The monoisotopic (exact) mass is 318 g/mol. The lowest BCUT2D eigenvalue weighted by Gasteiger charge is -2.39. The summed E-state index contributed by atoms with van der Waals surface area (Å²) in [5.74, 6) is 0. The fourth-order valence-corrected chi connectivity index (χ4v) is 3.29. The molecule has 0 aromatic rings. The molecule has 1 saturated heterocycles. The predicted molar refractivity (Wildman–Crippen MR) is 88.0 cm³/mol. The highest BCUT2D eigenvalue weighted by molar-refractivity contribution is 6.74. The molecule has 0 radical (unpaired) electrons. The summed E-state index contributed by atoms with van der Waals surface area (Å²) in [6, 6.07) is 0. The van der Waals surface area contributed by atoms with Crippen molar-refractivity contribution in [2.45, 2.75) is 95.9 Å². The van der Waals surface area contributed by atoms with E-state index in [1.54, 1.807) is 13.8 Å². The molecule has 21 heavy (non-hydrogen) atoms. The maximum atomic E-state index is 10.5. The minimum Gasteiger partial charge on any atom is -0.414 e. The van der Waals surface area contributed by atoms with Gasteiger partial charge in [0.15, 0.2) is 8.32 Å². The minimum atomic E-state index is -1.87. The van der Waals surface area contributed by atoms with Gasteiger partial charge in [-0.25, -0.2) is 0 Å². The van der Waals surface area contributed by atoms with Crippen molar-refractivity contribution in [3.63, 3.8) is 0 Å². The Kier molecular flexibility index (Phi) is 5.39. The van der Waals surface area contributed by atoms with Crippen molar-refractivity contribution in [2.75, 3.05) is 6.61 Å². The van der Waals surface area contributed by atoms with Crippen LogP contribution in [0.2, 0.25) is 18.1 Å². The first kappa shape index (κ1) is 19.1. The number of hydrogen-bond acceptors (Lipinski definition) is 4. The molecule has 1 fully saturated rings. The topological polar surface area (TPSA) is 58.9 Å². The first-order chi connectivity index (χ1) is 9.19. The van der Waals surface area contributed by atoms with E-state index in [2.05, 4.69) is 33.9 Å². The van der Waals surface area contributed by atoms with Gasteiger partial charge in [0.1, 0.15) is 6.10 Å². The summed E-state index contributed by atoms with van der Waals surface area (Å²) in [6.45, 7) is 16.6.